The number of nitrogens with one attached hydrogen (secondary N) is 1. The van der Waals surface area contributed by atoms with E-state index < -0.39 is 17.1 Å². The van der Waals surface area contributed by atoms with Gasteiger partial charge in [-0.2, -0.15) is 15.0 Å². The molecule has 1 saturated heterocycles. The number of morpholine rings is 1. The van der Waals surface area contributed by atoms with Gasteiger partial charge < -0.3 is 39.6 Å². The molecule has 1 aliphatic heterocycles. The van der Waals surface area contributed by atoms with E-state index in [-0.39, 0.29) is 25.1 Å². The molecule has 12 nitrogen and oxygen atoms in total. The molecule has 0 spiro atoms. The van der Waals surface area contributed by atoms with Crippen LogP contribution in [0.3, 0.4) is 0 Å². The number of hydrogen-bond acceptors (Lipinski definition) is 11. The van der Waals surface area contributed by atoms with Gasteiger partial charge in [-0.3, -0.25) is 0 Å². The highest BCUT2D eigenvalue weighted by atomic mass is 16.6. The van der Waals surface area contributed by atoms with Gasteiger partial charge in [0.15, 0.2) is 0 Å². The first-order valence-corrected chi connectivity index (χ1v) is 23.4. The summed E-state index contributed by atoms with van der Waals surface area (Å²) in [5.41, 5.74) is 7.02. The minimum absolute atomic E-state index is 0.0779. The molecule has 0 bridgehead atoms. The summed E-state index contributed by atoms with van der Waals surface area (Å²) in [6.07, 6.45) is 20.8. The maximum atomic E-state index is 13.2. The molecule has 1 aliphatic rings. The predicted molar refractivity (Wildman–Crippen MR) is 246 cm³/mol. The zero-order valence-electron chi connectivity index (χ0n) is 38.3. The van der Waals surface area contributed by atoms with Crippen molar-refractivity contribution < 1.29 is 28.5 Å². The van der Waals surface area contributed by atoms with Gasteiger partial charge in [-0.25, -0.2) is 4.79 Å². The van der Waals surface area contributed by atoms with Crippen LogP contribution in [0, 0.1) is 5.41 Å². The number of hydrogen-bond donors (Lipinski definition) is 2. The second kappa shape index (κ2) is 27.6. The van der Waals surface area contributed by atoms with Crippen molar-refractivity contribution in [1.82, 2.24) is 20.3 Å². The van der Waals surface area contributed by atoms with Crippen molar-refractivity contribution in [2.75, 3.05) is 63.3 Å². The van der Waals surface area contributed by atoms with Crippen LogP contribution in [0.4, 0.5) is 16.7 Å². The average Bonchev–Trinajstić information content (AvgIpc) is 3.24. The van der Waals surface area contributed by atoms with Gasteiger partial charge in [0.25, 0.3) is 0 Å². The molecule has 3 aromatic rings. The minimum atomic E-state index is -0.670. The number of nitrogens with two attached hydrogens (primary N) is 1. The van der Waals surface area contributed by atoms with Crippen LogP contribution in [0.15, 0.2) is 48.5 Å². The Morgan fingerprint density at radius 2 is 1.15 bits per heavy atom. The molecular formula is C49H78N6O6. The fourth-order valence-corrected chi connectivity index (χ4v) is 7.59. The summed E-state index contributed by atoms with van der Waals surface area (Å²) in [5, 5.41) is 3.08. The molecule has 1 aromatic heterocycles. The molecule has 61 heavy (non-hydrogen) atoms. The van der Waals surface area contributed by atoms with Crippen molar-refractivity contribution in [3.63, 3.8) is 0 Å². The Labute approximate surface area is 367 Å². The molecule has 3 N–H and O–H groups in total. The van der Waals surface area contributed by atoms with Crippen LogP contribution in [0.25, 0.3) is 0 Å². The molecule has 1 amide bonds. The third kappa shape index (κ3) is 20.4. The van der Waals surface area contributed by atoms with E-state index in [1.807, 2.05) is 49.9 Å². The number of unbranched alkanes of at least 4 members (excludes halogenated alkanes) is 14. The van der Waals surface area contributed by atoms with E-state index in [4.69, 9.17) is 29.4 Å². The number of carbonyl (C=O) groups is 1. The van der Waals surface area contributed by atoms with E-state index in [9.17, 15) is 4.79 Å². The van der Waals surface area contributed by atoms with E-state index in [0.29, 0.717) is 58.3 Å². The van der Waals surface area contributed by atoms with E-state index in [0.717, 1.165) is 35.5 Å². The second-order valence-electron chi connectivity index (χ2n) is 17.8. The summed E-state index contributed by atoms with van der Waals surface area (Å²) in [5.74, 6) is 2.22. The van der Waals surface area contributed by atoms with Crippen molar-refractivity contribution in [1.29, 1.82) is 0 Å². The van der Waals surface area contributed by atoms with Crippen molar-refractivity contribution in [2.45, 2.75) is 156 Å². The van der Waals surface area contributed by atoms with Gasteiger partial charge in [0.05, 0.1) is 33.0 Å². The number of aromatic nitrogens is 3. The van der Waals surface area contributed by atoms with Crippen molar-refractivity contribution in [3.05, 3.63) is 59.7 Å². The molecular weight excluding hydrogens is 769 g/mol. The van der Waals surface area contributed by atoms with Gasteiger partial charge in [-0.05, 0) is 81.8 Å². The first-order chi connectivity index (χ1) is 29.6. The fourth-order valence-electron chi connectivity index (χ4n) is 7.59. The zero-order chi connectivity index (χ0) is 43.6. The molecule has 1 fully saturated rings. The number of carbonyl (C=O) groups excluding carboxylic acids is 1. The van der Waals surface area contributed by atoms with Gasteiger partial charge in [0.1, 0.15) is 17.1 Å². The number of ether oxygens (including phenoxy) is 5. The Balaban J connectivity index is 1.50. The van der Waals surface area contributed by atoms with Gasteiger partial charge in [0, 0.05) is 25.0 Å². The van der Waals surface area contributed by atoms with Crippen molar-refractivity contribution >= 4 is 18.0 Å². The van der Waals surface area contributed by atoms with Crippen molar-refractivity contribution in [3.8, 4) is 17.5 Å². The lowest BCUT2D eigenvalue weighted by Gasteiger charge is -2.34. The van der Waals surface area contributed by atoms with Crippen LogP contribution in [-0.2, 0) is 22.3 Å². The highest BCUT2D eigenvalue weighted by molar-refractivity contribution is 5.67. The molecule has 0 saturated carbocycles. The Morgan fingerprint density at radius 1 is 0.672 bits per heavy atom. The van der Waals surface area contributed by atoms with Crippen LogP contribution in [-0.4, -0.2) is 79.3 Å². The predicted octanol–water partition coefficient (Wildman–Crippen LogP) is 10.7. The summed E-state index contributed by atoms with van der Waals surface area (Å²) in [6.45, 7) is 14.4. The monoisotopic (exact) mass is 847 g/mol. The summed E-state index contributed by atoms with van der Waals surface area (Å²) < 4.78 is 30.0. The molecule has 2 heterocycles. The van der Waals surface area contributed by atoms with Gasteiger partial charge in [-0.1, -0.05) is 128 Å². The maximum Gasteiger partial charge on any atom is 0.407 e. The molecule has 0 aliphatic carbocycles. The van der Waals surface area contributed by atoms with Crippen LogP contribution < -0.4 is 30.2 Å². The van der Waals surface area contributed by atoms with E-state index in [1.165, 1.54) is 89.9 Å². The fraction of sp³-hybridized carbons (Fsp3) is 0.673. The Morgan fingerprint density at radius 3 is 1.62 bits per heavy atom. The topological polar surface area (TPSA) is 143 Å². The van der Waals surface area contributed by atoms with Gasteiger partial charge in [-0.15, -0.1) is 0 Å². The lowest BCUT2D eigenvalue weighted by molar-refractivity contribution is 0.0470. The van der Waals surface area contributed by atoms with E-state index in [1.54, 1.807) is 0 Å². The molecule has 12 heteroatoms. The number of rotatable bonds is 30. The third-order valence-corrected chi connectivity index (χ3v) is 11.0. The molecule has 340 valence electrons. The van der Waals surface area contributed by atoms with E-state index in [2.05, 4.69) is 58.4 Å². The second-order valence-corrected chi connectivity index (χ2v) is 17.8. The molecule has 4 rings (SSSR count). The SMILES string of the molecule is CCCCCCCCCCOc1ccc(CC(CNC(=O)OC(C)(C)C)(COc2nc(N)nc(N3CCOCC3)n2)Cc2ccc(OCCCCCCCCCC)cc2)cc1. The lowest BCUT2D eigenvalue weighted by Crippen LogP contribution is -2.46. The number of nitrogens with zero attached hydrogens (tertiary/aromatic N) is 4. The maximum absolute atomic E-state index is 13.2. The smallest absolute Gasteiger partial charge is 0.407 e. The summed E-state index contributed by atoms with van der Waals surface area (Å²) in [6, 6.07) is 16.7. The first kappa shape index (κ1) is 49.3. The average molecular weight is 847 g/mol. The molecule has 0 radical (unpaired) electrons. The summed E-state index contributed by atoms with van der Waals surface area (Å²) in [7, 11) is 0. The lowest BCUT2D eigenvalue weighted by atomic mass is 9.77. The molecule has 0 atom stereocenters. The molecule has 0 unspecified atom stereocenters. The van der Waals surface area contributed by atoms with Crippen molar-refractivity contribution in [2.24, 2.45) is 5.41 Å². The minimum Gasteiger partial charge on any atom is -0.494 e. The number of alkyl carbamates (subject to hydrolysis) is 1. The van der Waals surface area contributed by atoms with Crippen LogP contribution in [0.2, 0.25) is 0 Å². The highest BCUT2D eigenvalue weighted by Gasteiger charge is 2.34. The first-order valence-electron chi connectivity index (χ1n) is 23.4. The Hall–Kier alpha value is -4.32. The Kier molecular flexibility index (Phi) is 22.3. The van der Waals surface area contributed by atoms with Crippen LogP contribution in [0.5, 0.6) is 17.5 Å². The third-order valence-electron chi connectivity index (χ3n) is 11.0. The largest absolute Gasteiger partial charge is 0.494 e. The normalized spacial score (nSPS) is 13.2. The quantitative estimate of drug-likeness (QED) is 0.0619. The van der Waals surface area contributed by atoms with Crippen LogP contribution >= 0.6 is 0 Å². The van der Waals surface area contributed by atoms with E-state index >= 15 is 0 Å². The summed E-state index contributed by atoms with van der Waals surface area (Å²) in [4.78, 5) is 28.7. The van der Waals surface area contributed by atoms with Gasteiger partial charge >= 0.3 is 12.1 Å². The Bertz CT molecular complexity index is 1560. The standard InChI is InChI=1S/C49H78N6O6/c1-6-8-10-12-14-16-18-20-32-58-42-26-22-40(23-27-42)36-49(38-51-47(56)61-48(3,4)5,39-60-46-53-44(50)52-45(54-46)55-30-34-57-35-31-55)37-41-24-28-43(29-25-41)59-33-21-19-17-15-13-11-9-7-2/h22-29H,6-21,30-39H2,1-5H3,(H,51,56)(H2,50,52,53,54). The number of anilines is 2. The number of amides is 1. The zero-order valence-corrected chi connectivity index (χ0v) is 38.3. The number of benzene rings is 2. The van der Waals surface area contributed by atoms with Gasteiger partial charge in [0.2, 0.25) is 11.9 Å². The highest BCUT2D eigenvalue weighted by Crippen LogP contribution is 2.31. The number of nitrogen functional groups attached to an aromatic ring is 1. The summed E-state index contributed by atoms with van der Waals surface area (Å²) >= 11 is 0. The van der Waals surface area contributed by atoms with Crippen LogP contribution in [0.1, 0.15) is 148 Å². The molecule has 2 aromatic carbocycles.